The zero-order valence-electron chi connectivity index (χ0n) is 10.9. The van der Waals surface area contributed by atoms with Crippen molar-refractivity contribution in [3.05, 3.63) is 51.2 Å². The van der Waals surface area contributed by atoms with Crippen molar-refractivity contribution in [3.8, 4) is 5.75 Å². The molecular weight excluding hydrogens is 363 g/mol. The second-order valence-corrected chi connectivity index (χ2v) is 5.41. The molecule has 0 unspecified atom stereocenters. The molecular formula is C14H11BrClFN2O2. The molecule has 0 spiro atoms. The number of anilines is 2. The van der Waals surface area contributed by atoms with Crippen molar-refractivity contribution in [2.75, 3.05) is 18.2 Å². The standard InChI is InChI=1S/C14H11BrClFN2O2/c1-21-8-2-3-12(18)9(6-8)14(20)19-13-10(15)4-7(17)5-11(13)16/h2-6H,18H2,1H3,(H,19,20). The fourth-order valence-corrected chi connectivity index (χ4v) is 2.60. The van der Waals surface area contributed by atoms with Gasteiger partial charge in [-0.2, -0.15) is 0 Å². The first-order valence-corrected chi connectivity index (χ1v) is 6.99. The molecule has 2 aromatic rings. The molecule has 0 heterocycles. The fourth-order valence-electron chi connectivity index (χ4n) is 1.70. The molecule has 0 fully saturated rings. The van der Waals surface area contributed by atoms with Crippen molar-refractivity contribution in [3.63, 3.8) is 0 Å². The monoisotopic (exact) mass is 372 g/mol. The maximum Gasteiger partial charge on any atom is 0.257 e. The predicted octanol–water partition coefficient (Wildman–Crippen LogP) is 4.08. The number of hydrogen-bond acceptors (Lipinski definition) is 3. The molecule has 0 bridgehead atoms. The average molecular weight is 374 g/mol. The molecule has 0 saturated heterocycles. The van der Waals surface area contributed by atoms with Gasteiger partial charge in [-0.05, 0) is 46.3 Å². The molecule has 0 aliphatic carbocycles. The molecule has 2 rings (SSSR count). The van der Waals surface area contributed by atoms with Gasteiger partial charge in [0.2, 0.25) is 0 Å². The molecule has 110 valence electrons. The number of nitrogen functional groups attached to an aromatic ring is 1. The lowest BCUT2D eigenvalue weighted by Gasteiger charge is -2.12. The SMILES string of the molecule is COc1ccc(N)c(C(=O)Nc2c(Cl)cc(F)cc2Br)c1. The third kappa shape index (κ3) is 3.46. The van der Waals surface area contributed by atoms with Crippen LogP contribution < -0.4 is 15.8 Å². The Morgan fingerprint density at radius 3 is 2.71 bits per heavy atom. The zero-order chi connectivity index (χ0) is 15.6. The normalized spacial score (nSPS) is 10.3. The van der Waals surface area contributed by atoms with Crippen molar-refractivity contribution in [1.29, 1.82) is 0 Å². The first-order chi connectivity index (χ1) is 9.92. The van der Waals surface area contributed by atoms with Gasteiger partial charge in [-0.25, -0.2) is 4.39 Å². The Labute approximate surface area is 134 Å². The second-order valence-electron chi connectivity index (χ2n) is 4.15. The molecule has 0 aliphatic heterocycles. The van der Waals surface area contributed by atoms with Crippen LogP contribution in [0.4, 0.5) is 15.8 Å². The number of nitrogens with one attached hydrogen (secondary N) is 1. The first-order valence-electron chi connectivity index (χ1n) is 5.81. The summed E-state index contributed by atoms with van der Waals surface area (Å²) in [6.07, 6.45) is 0. The Hall–Kier alpha value is -1.79. The van der Waals surface area contributed by atoms with Gasteiger partial charge in [-0.3, -0.25) is 4.79 Å². The summed E-state index contributed by atoms with van der Waals surface area (Å²) in [6.45, 7) is 0. The highest BCUT2D eigenvalue weighted by Gasteiger charge is 2.15. The van der Waals surface area contributed by atoms with Crippen LogP contribution in [-0.2, 0) is 0 Å². The molecule has 7 heteroatoms. The number of benzene rings is 2. The predicted molar refractivity (Wildman–Crippen MR) is 84.5 cm³/mol. The zero-order valence-corrected chi connectivity index (χ0v) is 13.3. The topological polar surface area (TPSA) is 64.3 Å². The van der Waals surface area contributed by atoms with Crippen molar-refractivity contribution in [2.24, 2.45) is 0 Å². The van der Waals surface area contributed by atoms with E-state index in [1.807, 2.05) is 0 Å². The lowest BCUT2D eigenvalue weighted by atomic mass is 10.1. The van der Waals surface area contributed by atoms with E-state index in [4.69, 9.17) is 22.1 Å². The van der Waals surface area contributed by atoms with E-state index in [0.29, 0.717) is 15.9 Å². The van der Waals surface area contributed by atoms with Gasteiger partial charge in [-0.1, -0.05) is 11.6 Å². The maximum atomic E-state index is 13.2. The van der Waals surface area contributed by atoms with E-state index in [1.165, 1.54) is 19.2 Å². The van der Waals surface area contributed by atoms with Gasteiger partial charge in [0.25, 0.3) is 5.91 Å². The number of rotatable bonds is 3. The van der Waals surface area contributed by atoms with Gasteiger partial charge in [0.1, 0.15) is 11.6 Å². The third-order valence-electron chi connectivity index (χ3n) is 2.75. The summed E-state index contributed by atoms with van der Waals surface area (Å²) in [5.41, 5.74) is 6.58. The molecule has 2 aromatic carbocycles. The van der Waals surface area contributed by atoms with Gasteiger partial charge >= 0.3 is 0 Å². The van der Waals surface area contributed by atoms with Gasteiger partial charge in [0.15, 0.2) is 0 Å². The van der Waals surface area contributed by atoms with Crippen molar-refractivity contribution >= 4 is 44.8 Å². The second kappa shape index (κ2) is 6.32. The van der Waals surface area contributed by atoms with Crippen LogP contribution in [0.25, 0.3) is 0 Å². The van der Waals surface area contributed by atoms with Crippen LogP contribution in [0, 0.1) is 5.82 Å². The smallest absolute Gasteiger partial charge is 0.257 e. The molecule has 4 nitrogen and oxygen atoms in total. The number of amides is 1. The van der Waals surface area contributed by atoms with Gasteiger partial charge in [0, 0.05) is 10.2 Å². The van der Waals surface area contributed by atoms with Gasteiger partial charge in [-0.15, -0.1) is 0 Å². The largest absolute Gasteiger partial charge is 0.497 e. The van der Waals surface area contributed by atoms with Gasteiger partial charge < -0.3 is 15.8 Å². The molecule has 3 N–H and O–H groups in total. The maximum absolute atomic E-state index is 13.2. The highest BCUT2D eigenvalue weighted by Crippen LogP contribution is 2.32. The van der Waals surface area contributed by atoms with Crippen LogP contribution in [0.15, 0.2) is 34.8 Å². The minimum absolute atomic E-state index is 0.0803. The molecule has 0 aromatic heterocycles. The number of ether oxygens (including phenoxy) is 1. The quantitative estimate of drug-likeness (QED) is 0.797. The van der Waals surface area contributed by atoms with E-state index >= 15 is 0 Å². The number of halogens is 3. The molecule has 1 amide bonds. The summed E-state index contributed by atoms with van der Waals surface area (Å²) < 4.78 is 18.6. The highest BCUT2D eigenvalue weighted by molar-refractivity contribution is 9.10. The highest BCUT2D eigenvalue weighted by atomic mass is 79.9. The summed E-state index contributed by atoms with van der Waals surface area (Å²) in [5.74, 6) is -0.481. The van der Waals surface area contributed by atoms with E-state index in [-0.39, 0.29) is 16.3 Å². The van der Waals surface area contributed by atoms with Gasteiger partial charge in [0.05, 0.1) is 23.4 Å². The lowest BCUT2D eigenvalue weighted by Crippen LogP contribution is -2.15. The summed E-state index contributed by atoms with van der Waals surface area (Å²) >= 11 is 9.07. The minimum Gasteiger partial charge on any atom is -0.497 e. The molecule has 0 radical (unpaired) electrons. The number of carbonyl (C=O) groups is 1. The van der Waals surface area contributed by atoms with E-state index < -0.39 is 11.7 Å². The summed E-state index contributed by atoms with van der Waals surface area (Å²) in [7, 11) is 1.49. The van der Waals surface area contributed by atoms with Crippen LogP contribution >= 0.6 is 27.5 Å². The minimum atomic E-state index is -0.509. The van der Waals surface area contributed by atoms with Crippen LogP contribution in [0.2, 0.25) is 5.02 Å². The van der Waals surface area contributed by atoms with E-state index in [2.05, 4.69) is 21.2 Å². The van der Waals surface area contributed by atoms with Crippen molar-refractivity contribution in [2.45, 2.75) is 0 Å². The Bertz CT molecular complexity index is 686. The Morgan fingerprint density at radius 2 is 2.10 bits per heavy atom. The van der Waals surface area contributed by atoms with Crippen LogP contribution in [-0.4, -0.2) is 13.0 Å². The number of hydrogen-bond donors (Lipinski definition) is 2. The third-order valence-corrected chi connectivity index (χ3v) is 3.67. The molecule has 0 aliphatic rings. The van der Waals surface area contributed by atoms with E-state index in [1.54, 1.807) is 12.1 Å². The number of nitrogens with two attached hydrogens (primary N) is 1. The summed E-state index contributed by atoms with van der Waals surface area (Å²) in [5, 5.41) is 2.67. The van der Waals surface area contributed by atoms with Crippen LogP contribution in [0.1, 0.15) is 10.4 Å². The Balaban J connectivity index is 2.35. The van der Waals surface area contributed by atoms with Crippen LogP contribution in [0.3, 0.4) is 0 Å². The first kappa shape index (κ1) is 15.6. The molecule has 0 atom stereocenters. The average Bonchev–Trinajstić information content (AvgIpc) is 2.43. The van der Waals surface area contributed by atoms with Crippen molar-refractivity contribution in [1.82, 2.24) is 0 Å². The van der Waals surface area contributed by atoms with E-state index in [9.17, 15) is 9.18 Å². The van der Waals surface area contributed by atoms with E-state index in [0.717, 1.165) is 6.07 Å². The number of methoxy groups -OCH3 is 1. The van der Waals surface area contributed by atoms with Crippen LogP contribution in [0.5, 0.6) is 5.75 Å². The summed E-state index contributed by atoms with van der Waals surface area (Å²) in [4.78, 5) is 12.3. The molecule has 0 saturated carbocycles. The molecule has 21 heavy (non-hydrogen) atoms. The Kier molecular flexibility index (Phi) is 4.69. The lowest BCUT2D eigenvalue weighted by molar-refractivity contribution is 0.102. The van der Waals surface area contributed by atoms with Crippen molar-refractivity contribution < 1.29 is 13.9 Å². The number of carbonyl (C=O) groups excluding carboxylic acids is 1. The fraction of sp³-hybridized carbons (Fsp3) is 0.0714. The Morgan fingerprint density at radius 1 is 1.38 bits per heavy atom. The summed E-state index contributed by atoms with van der Waals surface area (Å²) in [6, 6.07) is 7.03.